The summed E-state index contributed by atoms with van der Waals surface area (Å²) in [7, 11) is 1.92. The topological polar surface area (TPSA) is 65.9 Å². The fraction of sp³-hybridized carbons (Fsp3) is 0.143. The fourth-order valence-corrected chi connectivity index (χ4v) is 1.76. The lowest BCUT2D eigenvalue weighted by atomic mass is 10.2. The van der Waals surface area contributed by atoms with Crippen LogP contribution in [0.15, 0.2) is 42.6 Å². The third kappa shape index (κ3) is 2.58. The maximum Gasteiger partial charge on any atom is 0.146 e. The minimum Gasteiger partial charge on any atom is -0.399 e. The Morgan fingerprint density at radius 2 is 2.00 bits per heavy atom. The van der Waals surface area contributed by atoms with Gasteiger partial charge in [-0.05, 0) is 29.8 Å². The van der Waals surface area contributed by atoms with Crippen molar-refractivity contribution in [1.29, 1.82) is 5.26 Å². The number of nitrogens with zero attached hydrogens (tertiary/aromatic N) is 3. The van der Waals surface area contributed by atoms with Crippen LogP contribution in [0.25, 0.3) is 0 Å². The quantitative estimate of drug-likeness (QED) is 0.832. The number of nitriles is 1. The molecule has 0 aliphatic carbocycles. The maximum absolute atomic E-state index is 9.04. The number of pyridine rings is 1. The van der Waals surface area contributed by atoms with Crippen LogP contribution >= 0.6 is 0 Å². The highest BCUT2D eigenvalue weighted by atomic mass is 15.2. The van der Waals surface area contributed by atoms with Gasteiger partial charge in [0, 0.05) is 25.5 Å². The molecule has 0 aliphatic heterocycles. The Hall–Kier alpha value is -2.54. The summed E-state index contributed by atoms with van der Waals surface area (Å²) in [6.45, 7) is 0.686. The second-order valence-corrected chi connectivity index (χ2v) is 4.08. The molecule has 0 unspecified atom stereocenters. The predicted molar refractivity (Wildman–Crippen MR) is 71.9 cm³/mol. The maximum atomic E-state index is 9.04. The van der Waals surface area contributed by atoms with Gasteiger partial charge in [-0.2, -0.15) is 5.26 Å². The number of aromatic nitrogens is 1. The van der Waals surface area contributed by atoms with Crippen molar-refractivity contribution in [3.05, 3.63) is 53.7 Å². The molecule has 4 nitrogen and oxygen atoms in total. The Bertz CT molecular complexity index is 569. The number of nitrogens with two attached hydrogens (primary N) is 1. The molecule has 2 rings (SSSR count). The first kappa shape index (κ1) is 11.9. The van der Waals surface area contributed by atoms with Gasteiger partial charge in [-0.15, -0.1) is 0 Å². The summed E-state index contributed by atoms with van der Waals surface area (Å²) in [5.74, 6) is 0.692. The number of hydrogen-bond acceptors (Lipinski definition) is 4. The van der Waals surface area contributed by atoms with Crippen molar-refractivity contribution in [3.8, 4) is 6.07 Å². The van der Waals surface area contributed by atoms with Gasteiger partial charge < -0.3 is 10.6 Å². The van der Waals surface area contributed by atoms with Gasteiger partial charge in [-0.25, -0.2) is 4.98 Å². The summed E-state index contributed by atoms with van der Waals surface area (Å²) < 4.78 is 0. The van der Waals surface area contributed by atoms with E-state index in [1.165, 1.54) is 0 Å². The Morgan fingerprint density at radius 3 is 2.67 bits per heavy atom. The smallest absolute Gasteiger partial charge is 0.146 e. The number of hydrogen-bond donors (Lipinski definition) is 1. The lowest BCUT2D eigenvalue weighted by Crippen LogP contribution is -2.18. The van der Waals surface area contributed by atoms with E-state index in [-0.39, 0.29) is 0 Å². The van der Waals surface area contributed by atoms with Crippen molar-refractivity contribution < 1.29 is 0 Å². The summed E-state index contributed by atoms with van der Waals surface area (Å²) in [5, 5.41) is 9.04. The largest absolute Gasteiger partial charge is 0.399 e. The van der Waals surface area contributed by atoms with E-state index < -0.39 is 0 Å². The fourth-order valence-electron chi connectivity index (χ4n) is 1.76. The highest BCUT2D eigenvalue weighted by Crippen LogP contribution is 2.17. The van der Waals surface area contributed by atoms with Crippen molar-refractivity contribution in [2.24, 2.45) is 0 Å². The molecule has 4 heteroatoms. The van der Waals surface area contributed by atoms with Gasteiger partial charge in [0.05, 0.1) is 5.56 Å². The molecule has 0 bridgehead atoms. The first-order valence-electron chi connectivity index (χ1n) is 5.61. The second-order valence-electron chi connectivity index (χ2n) is 4.08. The number of anilines is 2. The molecule has 0 radical (unpaired) electrons. The van der Waals surface area contributed by atoms with Gasteiger partial charge in [0.2, 0.25) is 0 Å². The molecule has 0 spiro atoms. The minimum atomic E-state index is 0.579. The van der Waals surface area contributed by atoms with E-state index in [2.05, 4.69) is 11.1 Å². The molecule has 0 aliphatic rings. The van der Waals surface area contributed by atoms with Crippen molar-refractivity contribution in [3.63, 3.8) is 0 Å². The summed E-state index contributed by atoms with van der Waals surface area (Å²) in [6, 6.07) is 13.4. The average Bonchev–Trinajstić information content (AvgIpc) is 2.41. The lowest BCUT2D eigenvalue weighted by molar-refractivity contribution is 0.895. The van der Waals surface area contributed by atoms with Crippen LogP contribution in [0.3, 0.4) is 0 Å². The first-order chi connectivity index (χ1) is 8.70. The zero-order valence-electron chi connectivity index (χ0n) is 10.2. The van der Waals surface area contributed by atoms with Gasteiger partial charge >= 0.3 is 0 Å². The summed E-state index contributed by atoms with van der Waals surface area (Å²) in [4.78, 5) is 6.19. The third-order valence-electron chi connectivity index (χ3n) is 2.67. The zero-order valence-corrected chi connectivity index (χ0v) is 10.2. The van der Waals surface area contributed by atoms with Gasteiger partial charge in [0.25, 0.3) is 0 Å². The van der Waals surface area contributed by atoms with Crippen LogP contribution in [0.1, 0.15) is 11.1 Å². The molecule has 0 saturated carbocycles. The number of rotatable bonds is 3. The molecule has 1 heterocycles. The molecule has 1 aromatic carbocycles. The van der Waals surface area contributed by atoms with Crippen LogP contribution in [-0.2, 0) is 6.54 Å². The van der Waals surface area contributed by atoms with Crippen LogP contribution < -0.4 is 10.6 Å². The molecule has 0 amide bonds. The van der Waals surface area contributed by atoms with Crippen LogP contribution in [0.5, 0.6) is 0 Å². The summed E-state index contributed by atoms with van der Waals surface area (Å²) in [6.07, 6.45) is 1.69. The Morgan fingerprint density at radius 1 is 1.28 bits per heavy atom. The Balaban J connectivity index is 2.19. The summed E-state index contributed by atoms with van der Waals surface area (Å²) in [5.41, 5.74) is 8.10. The predicted octanol–water partition coefficient (Wildman–Crippen LogP) is 2.17. The Kier molecular flexibility index (Phi) is 3.44. The van der Waals surface area contributed by atoms with Crippen molar-refractivity contribution in [1.82, 2.24) is 4.98 Å². The van der Waals surface area contributed by atoms with E-state index in [1.54, 1.807) is 18.3 Å². The van der Waals surface area contributed by atoms with Crippen LogP contribution in [0, 0.1) is 11.3 Å². The van der Waals surface area contributed by atoms with Crippen molar-refractivity contribution in [2.45, 2.75) is 6.54 Å². The van der Waals surface area contributed by atoms with Crippen LogP contribution in [0.2, 0.25) is 0 Å². The van der Waals surface area contributed by atoms with Crippen LogP contribution in [0.4, 0.5) is 11.5 Å². The standard InChI is InChI=1S/C14H14N4/c1-18(10-11-4-6-13(16)7-5-11)14-12(9-15)3-2-8-17-14/h2-8H,10,16H2,1H3. The molecule has 2 aromatic rings. The van der Waals surface area contributed by atoms with Crippen molar-refractivity contribution in [2.75, 3.05) is 17.7 Å². The van der Waals surface area contributed by atoms with E-state index in [4.69, 9.17) is 11.0 Å². The van der Waals surface area contributed by atoms with E-state index in [0.29, 0.717) is 17.9 Å². The number of nitrogen functional groups attached to an aromatic ring is 1. The van der Waals surface area contributed by atoms with Crippen LogP contribution in [-0.4, -0.2) is 12.0 Å². The lowest BCUT2D eigenvalue weighted by Gasteiger charge is -2.19. The van der Waals surface area contributed by atoms with Crippen molar-refractivity contribution >= 4 is 11.5 Å². The number of benzene rings is 1. The highest BCUT2D eigenvalue weighted by molar-refractivity contribution is 5.53. The monoisotopic (exact) mass is 238 g/mol. The molecule has 0 fully saturated rings. The molecule has 1 aromatic heterocycles. The molecule has 90 valence electrons. The minimum absolute atomic E-state index is 0.579. The normalized spacial score (nSPS) is 9.78. The molecule has 2 N–H and O–H groups in total. The zero-order chi connectivity index (χ0) is 13.0. The van der Waals surface area contributed by atoms with Gasteiger partial charge in [-0.3, -0.25) is 0 Å². The molecule has 0 atom stereocenters. The van der Waals surface area contributed by atoms with E-state index in [0.717, 1.165) is 11.3 Å². The molecular weight excluding hydrogens is 224 g/mol. The molecule has 18 heavy (non-hydrogen) atoms. The van der Waals surface area contributed by atoms with E-state index in [9.17, 15) is 0 Å². The first-order valence-corrected chi connectivity index (χ1v) is 5.61. The molecule has 0 saturated heterocycles. The second kappa shape index (κ2) is 5.19. The van der Waals surface area contributed by atoms with Gasteiger partial charge in [0.1, 0.15) is 11.9 Å². The third-order valence-corrected chi connectivity index (χ3v) is 2.67. The Labute approximate surface area is 106 Å². The van der Waals surface area contributed by atoms with Gasteiger partial charge in [-0.1, -0.05) is 12.1 Å². The average molecular weight is 238 g/mol. The molecular formula is C14H14N4. The van der Waals surface area contributed by atoms with E-state index >= 15 is 0 Å². The van der Waals surface area contributed by atoms with E-state index in [1.807, 2.05) is 36.2 Å². The summed E-state index contributed by atoms with van der Waals surface area (Å²) >= 11 is 0. The SMILES string of the molecule is CN(Cc1ccc(N)cc1)c1ncccc1C#N. The van der Waals surface area contributed by atoms with Gasteiger partial charge in [0.15, 0.2) is 0 Å². The highest BCUT2D eigenvalue weighted by Gasteiger charge is 2.08.